The SMILES string of the molecule is CC(C)C[C@@H](NC(=O)c1cccs1)C(=O)N1CCCCC1. The van der Waals surface area contributed by atoms with Crippen LogP contribution in [-0.2, 0) is 4.79 Å². The van der Waals surface area contributed by atoms with Crippen LogP contribution < -0.4 is 5.32 Å². The summed E-state index contributed by atoms with van der Waals surface area (Å²) in [4.78, 5) is 27.4. The summed E-state index contributed by atoms with van der Waals surface area (Å²) in [5, 5.41) is 4.80. The highest BCUT2D eigenvalue weighted by atomic mass is 32.1. The van der Waals surface area contributed by atoms with Crippen molar-refractivity contribution in [2.45, 2.75) is 45.6 Å². The lowest BCUT2D eigenvalue weighted by Crippen LogP contribution is -2.50. The van der Waals surface area contributed by atoms with Gasteiger partial charge in [-0.05, 0) is 43.0 Å². The number of nitrogens with zero attached hydrogens (tertiary/aromatic N) is 1. The van der Waals surface area contributed by atoms with E-state index in [2.05, 4.69) is 19.2 Å². The molecule has 0 spiro atoms. The van der Waals surface area contributed by atoms with Gasteiger partial charge in [0, 0.05) is 13.1 Å². The van der Waals surface area contributed by atoms with Crippen LogP contribution in [0.3, 0.4) is 0 Å². The van der Waals surface area contributed by atoms with Crippen molar-refractivity contribution in [1.82, 2.24) is 10.2 Å². The Morgan fingerprint density at radius 3 is 2.57 bits per heavy atom. The van der Waals surface area contributed by atoms with Crippen molar-refractivity contribution in [2.24, 2.45) is 5.92 Å². The third kappa shape index (κ3) is 4.56. The van der Waals surface area contributed by atoms with Gasteiger partial charge in [-0.3, -0.25) is 9.59 Å². The molecule has 116 valence electrons. The van der Waals surface area contributed by atoms with E-state index in [4.69, 9.17) is 0 Å². The highest BCUT2D eigenvalue weighted by Crippen LogP contribution is 2.15. The second kappa shape index (κ2) is 7.59. The molecule has 5 heteroatoms. The molecule has 1 aliphatic rings. The number of hydrogen-bond acceptors (Lipinski definition) is 3. The Balaban J connectivity index is 2.02. The van der Waals surface area contributed by atoms with Gasteiger partial charge in [0.15, 0.2) is 0 Å². The molecule has 4 nitrogen and oxygen atoms in total. The van der Waals surface area contributed by atoms with Crippen LogP contribution in [0.15, 0.2) is 17.5 Å². The molecule has 0 aliphatic carbocycles. The zero-order valence-corrected chi connectivity index (χ0v) is 13.6. The van der Waals surface area contributed by atoms with E-state index in [9.17, 15) is 9.59 Å². The fraction of sp³-hybridized carbons (Fsp3) is 0.625. The smallest absolute Gasteiger partial charge is 0.261 e. The maximum Gasteiger partial charge on any atom is 0.261 e. The van der Waals surface area contributed by atoms with Crippen molar-refractivity contribution in [3.8, 4) is 0 Å². The van der Waals surface area contributed by atoms with Crippen LogP contribution in [0, 0.1) is 5.92 Å². The van der Waals surface area contributed by atoms with Crippen LogP contribution in [0.1, 0.15) is 49.2 Å². The molecule has 1 aromatic heterocycles. The first-order valence-electron chi connectivity index (χ1n) is 7.71. The second-order valence-corrected chi connectivity index (χ2v) is 6.97. The number of hydrogen-bond donors (Lipinski definition) is 1. The third-order valence-electron chi connectivity index (χ3n) is 3.72. The summed E-state index contributed by atoms with van der Waals surface area (Å²) in [6.07, 6.45) is 4.02. The van der Waals surface area contributed by atoms with Crippen molar-refractivity contribution >= 4 is 23.2 Å². The molecule has 0 bridgehead atoms. The Labute approximate surface area is 130 Å². The normalized spacial score (nSPS) is 16.8. The summed E-state index contributed by atoms with van der Waals surface area (Å²) < 4.78 is 0. The van der Waals surface area contributed by atoms with Gasteiger partial charge in [0.1, 0.15) is 6.04 Å². The minimum atomic E-state index is -0.405. The van der Waals surface area contributed by atoms with E-state index in [0.29, 0.717) is 17.2 Å². The highest BCUT2D eigenvalue weighted by molar-refractivity contribution is 7.12. The minimum absolute atomic E-state index is 0.0771. The van der Waals surface area contributed by atoms with E-state index in [0.717, 1.165) is 25.9 Å². The molecule has 1 fully saturated rings. The standard InChI is InChI=1S/C16H24N2O2S/c1-12(2)11-13(16(20)18-8-4-3-5-9-18)17-15(19)14-7-6-10-21-14/h6-7,10,12-13H,3-5,8-9,11H2,1-2H3,(H,17,19)/t13-/m1/s1. The van der Waals surface area contributed by atoms with Gasteiger partial charge in [0.25, 0.3) is 5.91 Å². The van der Waals surface area contributed by atoms with Gasteiger partial charge in [-0.2, -0.15) is 0 Å². The monoisotopic (exact) mass is 308 g/mol. The summed E-state index contributed by atoms with van der Waals surface area (Å²) in [6.45, 7) is 5.80. The van der Waals surface area contributed by atoms with Gasteiger partial charge in [-0.25, -0.2) is 0 Å². The molecule has 0 radical (unpaired) electrons. The summed E-state index contributed by atoms with van der Waals surface area (Å²) >= 11 is 1.40. The van der Waals surface area contributed by atoms with Gasteiger partial charge < -0.3 is 10.2 Å². The fourth-order valence-electron chi connectivity index (χ4n) is 2.66. The summed E-state index contributed by atoms with van der Waals surface area (Å²) in [5.74, 6) is 0.307. The van der Waals surface area contributed by atoms with Crippen molar-refractivity contribution in [2.75, 3.05) is 13.1 Å². The quantitative estimate of drug-likeness (QED) is 0.909. The maximum absolute atomic E-state index is 12.7. The second-order valence-electron chi connectivity index (χ2n) is 6.02. The average molecular weight is 308 g/mol. The van der Waals surface area contributed by atoms with E-state index < -0.39 is 6.04 Å². The Morgan fingerprint density at radius 1 is 1.29 bits per heavy atom. The van der Waals surface area contributed by atoms with E-state index in [1.807, 2.05) is 16.3 Å². The van der Waals surface area contributed by atoms with Crippen molar-refractivity contribution in [3.05, 3.63) is 22.4 Å². The Bertz CT molecular complexity index is 465. The first kappa shape index (κ1) is 16.0. The summed E-state index contributed by atoms with van der Waals surface area (Å²) in [5.41, 5.74) is 0. The first-order valence-corrected chi connectivity index (χ1v) is 8.59. The first-order chi connectivity index (χ1) is 10.1. The van der Waals surface area contributed by atoms with Crippen molar-refractivity contribution in [3.63, 3.8) is 0 Å². The third-order valence-corrected chi connectivity index (χ3v) is 4.59. The Morgan fingerprint density at radius 2 is 2.00 bits per heavy atom. The average Bonchev–Trinajstić information content (AvgIpc) is 3.00. The molecular formula is C16H24N2O2S. The van der Waals surface area contributed by atoms with Crippen LogP contribution >= 0.6 is 11.3 Å². The predicted octanol–water partition coefficient (Wildman–Crippen LogP) is 2.91. The van der Waals surface area contributed by atoms with Gasteiger partial charge in [0.05, 0.1) is 4.88 Å². The van der Waals surface area contributed by atoms with Crippen LogP contribution in [-0.4, -0.2) is 35.8 Å². The molecule has 0 saturated carbocycles. The summed E-state index contributed by atoms with van der Waals surface area (Å²) in [7, 11) is 0. The number of amides is 2. The molecule has 2 heterocycles. The number of rotatable bonds is 5. The number of carbonyl (C=O) groups is 2. The van der Waals surface area contributed by atoms with Gasteiger partial charge in [0.2, 0.25) is 5.91 Å². The van der Waals surface area contributed by atoms with E-state index in [1.165, 1.54) is 17.8 Å². The number of nitrogens with one attached hydrogen (secondary N) is 1. The summed E-state index contributed by atoms with van der Waals surface area (Å²) in [6, 6.07) is 3.24. The molecule has 1 aliphatic heterocycles. The zero-order valence-electron chi connectivity index (χ0n) is 12.8. The fourth-order valence-corrected chi connectivity index (χ4v) is 3.29. The van der Waals surface area contributed by atoms with Crippen molar-refractivity contribution < 1.29 is 9.59 Å². The van der Waals surface area contributed by atoms with Gasteiger partial charge in [-0.1, -0.05) is 19.9 Å². The molecule has 1 saturated heterocycles. The van der Waals surface area contributed by atoms with Gasteiger partial charge in [-0.15, -0.1) is 11.3 Å². The molecule has 21 heavy (non-hydrogen) atoms. The number of thiophene rings is 1. The maximum atomic E-state index is 12.7. The Kier molecular flexibility index (Phi) is 5.79. The van der Waals surface area contributed by atoms with E-state index >= 15 is 0 Å². The largest absolute Gasteiger partial charge is 0.341 e. The van der Waals surface area contributed by atoms with Crippen LogP contribution in [0.4, 0.5) is 0 Å². The lowest BCUT2D eigenvalue weighted by atomic mass is 10.0. The van der Waals surface area contributed by atoms with Crippen LogP contribution in [0.2, 0.25) is 0 Å². The molecule has 2 amide bonds. The Hall–Kier alpha value is -1.36. The zero-order chi connectivity index (χ0) is 15.2. The number of piperidine rings is 1. The topological polar surface area (TPSA) is 49.4 Å². The molecule has 1 N–H and O–H groups in total. The molecule has 0 unspecified atom stereocenters. The van der Waals surface area contributed by atoms with Crippen LogP contribution in [0.5, 0.6) is 0 Å². The lowest BCUT2D eigenvalue weighted by Gasteiger charge is -2.31. The molecule has 1 aromatic rings. The highest BCUT2D eigenvalue weighted by Gasteiger charge is 2.28. The predicted molar refractivity (Wildman–Crippen MR) is 85.5 cm³/mol. The van der Waals surface area contributed by atoms with E-state index in [1.54, 1.807) is 6.07 Å². The minimum Gasteiger partial charge on any atom is -0.341 e. The van der Waals surface area contributed by atoms with Crippen LogP contribution in [0.25, 0.3) is 0 Å². The molecule has 2 rings (SSSR count). The molecule has 1 atom stereocenters. The van der Waals surface area contributed by atoms with Crippen molar-refractivity contribution in [1.29, 1.82) is 0 Å². The number of carbonyl (C=O) groups excluding carboxylic acids is 2. The lowest BCUT2D eigenvalue weighted by molar-refractivity contribution is -0.134. The number of likely N-dealkylation sites (tertiary alicyclic amines) is 1. The van der Waals surface area contributed by atoms with E-state index in [-0.39, 0.29) is 11.8 Å². The molecular weight excluding hydrogens is 284 g/mol. The van der Waals surface area contributed by atoms with Gasteiger partial charge >= 0.3 is 0 Å². The molecule has 0 aromatic carbocycles.